The second-order valence-electron chi connectivity index (χ2n) is 8.29. The van der Waals surface area contributed by atoms with Crippen molar-refractivity contribution in [3.63, 3.8) is 0 Å². The molecular formula is C25H26BrFN2O3S. The number of carbonyl (C=O) groups excluding carboxylic acids is 1. The highest BCUT2D eigenvalue weighted by Gasteiger charge is 2.40. The van der Waals surface area contributed by atoms with E-state index in [1.165, 1.54) is 18.6 Å². The first-order valence-electron chi connectivity index (χ1n) is 11.0. The molecule has 33 heavy (non-hydrogen) atoms. The Morgan fingerprint density at radius 3 is 2.55 bits per heavy atom. The van der Waals surface area contributed by atoms with Crippen molar-refractivity contribution in [1.82, 2.24) is 9.80 Å². The number of likely N-dealkylation sites (N-methyl/N-ethyl adjacent to an activating group) is 1. The summed E-state index contributed by atoms with van der Waals surface area (Å²) in [6.07, 6.45) is 7.29. The van der Waals surface area contributed by atoms with E-state index in [-0.39, 0.29) is 24.4 Å². The average molecular weight is 533 g/mol. The van der Waals surface area contributed by atoms with E-state index in [0.717, 1.165) is 36.8 Å². The average Bonchev–Trinajstić information content (AvgIpc) is 3.02. The number of halogens is 2. The van der Waals surface area contributed by atoms with Crippen LogP contribution in [0.1, 0.15) is 43.2 Å². The summed E-state index contributed by atoms with van der Waals surface area (Å²) in [7, 11) is 3.40. The molecule has 0 unspecified atom stereocenters. The lowest BCUT2D eigenvalue weighted by molar-refractivity contribution is -0.124. The smallest absolute Gasteiger partial charge is 0.277 e. The minimum atomic E-state index is -0.289. The zero-order valence-corrected chi connectivity index (χ0v) is 21.0. The van der Waals surface area contributed by atoms with Crippen molar-refractivity contribution in [1.29, 1.82) is 0 Å². The van der Waals surface area contributed by atoms with E-state index in [0.29, 0.717) is 26.8 Å². The molecule has 0 aromatic heterocycles. The molecule has 1 saturated heterocycles. The van der Waals surface area contributed by atoms with Crippen molar-refractivity contribution in [2.75, 3.05) is 14.2 Å². The molecule has 2 aromatic rings. The topological polar surface area (TPSA) is 42.0 Å². The molecule has 8 heteroatoms. The predicted octanol–water partition coefficient (Wildman–Crippen LogP) is 5.91. The van der Waals surface area contributed by atoms with Gasteiger partial charge in [0.25, 0.3) is 5.91 Å². The third kappa shape index (κ3) is 5.06. The number of ether oxygens (including phenoxy) is 2. The van der Waals surface area contributed by atoms with Crippen LogP contribution in [0, 0.1) is 5.82 Å². The summed E-state index contributed by atoms with van der Waals surface area (Å²) in [5.41, 5.74) is 2.17. The zero-order valence-electron chi connectivity index (χ0n) is 18.6. The number of nitrogens with zero attached hydrogens (tertiary/aromatic N) is 2. The van der Waals surface area contributed by atoms with E-state index >= 15 is 0 Å². The Morgan fingerprint density at radius 1 is 1.18 bits per heavy atom. The summed E-state index contributed by atoms with van der Waals surface area (Å²) in [6, 6.07) is 10.0. The number of rotatable bonds is 6. The molecular weight excluding hydrogens is 507 g/mol. The Hall–Kier alpha value is -2.45. The maximum atomic E-state index is 13.3. The van der Waals surface area contributed by atoms with Crippen molar-refractivity contribution in [3.8, 4) is 11.5 Å². The van der Waals surface area contributed by atoms with E-state index in [4.69, 9.17) is 21.7 Å². The zero-order chi connectivity index (χ0) is 23.5. The van der Waals surface area contributed by atoms with Gasteiger partial charge in [-0.2, -0.15) is 0 Å². The van der Waals surface area contributed by atoms with E-state index in [1.807, 2.05) is 25.3 Å². The molecule has 1 heterocycles. The van der Waals surface area contributed by atoms with Gasteiger partial charge in [-0.25, -0.2) is 4.39 Å². The Morgan fingerprint density at radius 2 is 1.88 bits per heavy atom. The van der Waals surface area contributed by atoms with Gasteiger partial charge in [0.05, 0.1) is 11.6 Å². The van der Waals surface area contributed by atoms with Crippen LogP contribution in [-0.2, 0) is 11.4 Å². The summed E-state index contributed by atoms with van der Waals surface area (Å²) < 4.78 is 25.3. The third-order valence-corrected chi connectivity index (χ3v) is 7.14. The van der Waals surface area contributed by atoms with Crippen molar-refractivity contribution < 1.29 is 18.7 Å². The maximum absolute atomic E-state index is 13.3. The van der Waals surface area contributed by atoms with Crippen LogP contribution < -0.4 is 9.47 Å². The standard InChI is InChI=1S/C25H26BrFN2O3S/c1-28-21(24(30)29(25(28)33)19-6-4-3-5-7-19)13-17-12-20(26)23(22(14-17)31-2)32-15-16-8-10-18(27)11-9-16/h8-14,19H,3-7,15H2,1-2H3/b21-13-. The van der Waals surface area contributed by atoms with E-state index in [2.05, 4.69) is 15.9 Å². The van der Waals surface area contributed by atoms with Crippen LogP contribution in [0.15, 0.2) is 46.6 Å². The summed E-state index contributed by atoms with van der Waals surface area (Å²) in [4.78, 5) is 16.8. The number of amides is 1. The van der Waals surface area contributed by atoms with Gasteiger partial charge in [-0.05, 0) is 82.5 Å². The van der Waals surface area contributed by atoms with Gasteiger partial charge in [0, 0.05) is 13.1 Å². The fraction of sp³-hybridized carbons (Fsp3) is 0.360. The number of benzene rings is 2. The first kappa shape index (κ1) is 23.7. The lowest BCUT2D eigenvalue weighted by Crippen LogP contribution is -2.41. The monoisotopic (exact) mass is 532 g/mol. The van der Waals surface area contributed by atoms with Crippen molar-refractivity contribution in [3.05, 3.63) is 63.5 Å². The first-order chi connectivity index (χ1) is 15.9. The Kier molecular flexibility index (Phi) is 7.34. The minimum absolute atomic E-state index is 0.0545. The number of carbonyl (C=O) groups is 1. The van der Waals surface area contributed by atoms with E-state index in [1.54, 1.807) is 29.0 Å². The lowest BCUT2D eigenvalue weighted by Gasteiger charge is -2.30. The molecule has 1 aliphatic carbocycles. The SMILES string of the molecule is COc1cc(/C=C2/C(=O)N(C3CCCCC3)C(=S)N2C)cc(Br)c1OCc1ccc(F)cc1. The predicted molar refractivity (Wildman–Crippen MR) is 133 cm³/mol. The maximum Gasteiger partial charge on any atom is 0.277 e. The number of methoxy groups -OCH3 is 1. The Balaban J connectivity index is 1.57. The molecule has 1 amide bonds. The second-order valence-corrected chi connectivity index (χ2v) is 9.51. The lowest BCUT2D eigenvalue weighted by atomic mass is 9.94. The van der Waals surface area contributed by atoms with Crippen LogP contribution >= 0.6 is 28.1 Å². The van der Waals surface area contributed by atoms with E-state index < -0.39 is 0 Å². The van der Waals surface area contributed by atoms with Crippen LogP contribution in [0.4, 0.5) is 4.39 Å². The van der Waals surface area contributed by atoms with Gasteiger partial charge in [-0.15, -0.1) is 0 Å². The summed E-state index contributed by atoms with van der Waals surface area (Å²) in [5.74, 6) is 0.719. The van der Waals surface area contributed by atoms with Gasteiger partial charge in [-0.1, -0.05) is 31.4 Å². The van der Waals surface area contributed by atoms with Crippen molar-refractivity contribution >= 4 is 45.2 Å². The van der Waals surface area contributed by atoms with Crippen LogP contribution in [0.5, 0.6) is 11.5 Å². The first-order valence-corrected chi connectivity index (χ1v) is 12.2. The molecule has 0 radical (unpaired) electrons. The van der Waals surface area contributed by atoms with Crippen molar-refractivity contribution in [2.24, 2.45) is 0 Å². The van der Waals surface area contributed by atoms with Gasteiger partial charge in [-0.3, -0.25) is 9.69 Å². The largest absolute Gasteiger partial charge is 0.493 e. The number of hydrogen-bond acceptors (Lipinski definition) is 4. The van der Waals surface area contributed by atoms with Crippen LogP contribution in [0.3, 0.4) is 0 Å². The molecule has 5 nitrogen and oxygen atoms in total. The molecule has 174 valence electrons. The van der Waals surface area contributed by atoms with Crippen LogP contribution in [0.2, 0.25) is 0 Å². The second kappa shape index (κ2) is 10.2. The molecule has 2 aromatic carbocycles. The molecule has 4 rings (SSSR count). The quantitative estimate of drug-likeness (QED) is 0.341. The van der Waals surface area contributed by atoms with Gasteiger partial charge < -0.3 is 14.4 Å². The van der Waals surface area contributed by atoms with Gasteiger partial charge in [0.2, 0.25) is 0 Å². The normalized spacial score (nSPS) is 18.4. The highest BCUT2D eigenvalue weighted by Crippen LogP contribution is 2.38. The molecule has 2 fully saturated rings. The van der Waals surface area contributed by atoms with Gasteiger partial charge in [0.1, 0.15) is 18.1 Å². The molecule has 0 bridgehead atoms. The Labute approximate surface area is 207 Å². The van der Waals surface area contributed by atoms with Crippen LogP contribution in [0.25, 0.3) is 6.08 Å². The fourth-order valence-corrected chi connectivity index (χ4v) is 5.20. The molecule has 2 aliphatic rings. The number of thiocarbonyl (C=S) groups is 1. The van der Waals surface area contributed by atoms with Crippen LogP contribution in [-0.4, -0.2) is 41.0 Å². The highest BCUT2D eigenvalue weighted by molar-refractivity contribution is 9.10. The summed E-state index contributed by atoms with van der Waals surface area (Å²) >= 11 is 9.17. The minimum Gasteiger partial charge on any atom is -0.493 e. The third-order valence-electron chi connectivity index (χ3n) is 6.08. The fourth-order valence-electron chi connectivity index (χ4n) is 4.30. The highest BCUT2D eigenvalue weighted by atomic mass is 79.9. The molecule has 1 saturated carbocycles. The molecule has 0 N–H and O–H groups in total. The van der Waals surface area contributed by atoms with Gasteiger partial charge in [0.15, 0.2) is 16.6 Å². The summed E-state index contributed by atoms with van der Waals surface area (Å²) in [5, 5.41) is 0.559. The van der Waals surface area contributed by atoms with Crippen molar-refractivity contribution in [2.45, 2.75) is 44.8 Å². The Bertz CT molecular complexity index is 1080. The molecule has 0 atom stereocenters. The molecule has 0 spiro atoms. The summed E-state index contributed by atoms with van der Waals surface area (Å²) in [6.45, 7) is 0.265. The van der Waals surface area contributed by atoms with E-state index in [9.17, 15) is 9.18 Å². The number of hydrogen-bond donors (Lipinski definition) is 0. The van der Waals surface area contributed by atoms with Gasteiger partial charge >= 0.3 is 0 Å². The molecule has 1 aliphatic heterocycles.